The Labute approximate surface area is 99.7 Å². The molecule has 0 aromatic heterocycles. The minimum atomic E-state index is -0.472. The van der Waals surface area contributed by atoms with Gasteiger partial charge < -0.3 is 10.5 Å². The van der Waals surface area contributed by atoms with E-state index >= 15 is 0 Å². The summed E-state index contributed by atoms with van der Waals surface area (Å²) in [5.41, 5.74) is 5.67. The zero-order valence-electron chi connectivity index (χ0n) is 11.0. The van der Waals surface area contributed by atoms with Gasteiger partial charge in [-0.1, -0.05) is 52.9 Å². The third-order valence-electron chi connectivity index (χ3n) is 2.73. The number of ether oxygens (including phenoxy) is 1. The molecule has 2 N–H and O–H groups in total. The second-order valence-corrected chi connectivity index (χ2v) is 4.71. The van der Waals surface area contributed by atoms with Gasteiger partial charge in [-0.25, -0.2) is 0 Å². The quantitative estimate of drug-likeness (QED) is 0.488. The maximum absolute atomic E-state index is 11.4. The normalized spacial score (nSPS) is 12.8. The maximum Gasteiger partial charge on any atom is 0.323 e. The number of rotatable bonds is 9. The molecule has 0 aromatic carbocycles. The van der Waals surface area contributed by atoms with Gasteiger partial charge in [0.2, 0.25) is 0 Å². The van der Waals surface area contributed by atoms with E-state index in [0.29, 0.717) is 6.61 Å². The topological polar surface area (TPSA) is 52.3 Å². The first-order valence-corrected chi connectivity index (χ1v) is 6.51. The summed E-state index contributed by atoms with van der Waals surface area (Å²) >= 11 is 0. The lowest BCUT2D eigenvalue weighted by molar-refractivity contribution is -0.146. The monoisotopic (exact) mass is 229 g/mol. The van der Waals surface area contributed by atoms with Gasteiger partial charge >= 0.3 is 5.97 Å². The Bertz CT molecular complexity index is 181. The Morgan fingerprint density at radius 2 is 1.69 bits per heavy atom. The largest absolute Gasteiger partial charge is 0.465 e. The molecule has 0 aromatic rings. The van der Waals surface area contributed by atoms with Crippen molar-refractivity contribution >= 4 is 5.97 Å². The standard InChI is InChI=1S/C13H27NO2/c1-4-5-6-7-8-9-10-16-13(15)12(14)11(2)3/h11-12H,4-10,14H2,1-3H3/t12-/m1/s1. The first-order chi connectivity index (χ1) is 7.59. The van der Waals surface area contributed by atoms with Crippen molar-refractivity contribution in [2.24, 2.45) is 11.7 Å². The van der Waals surface area contributed by atoms with Gasteiger partial charge in [0.05, 0.1) is 6.61 Å². The number of esters is 1. The molecular formula is C13H27NO2. The Balaban J connectivity index is 3.34. The van der Waals surface area contributed by atoms with Crippen molar-refractivity contribution in [1.29, 1.82) is 0 Å². The van der Waals surface area contributed by atoms with E-state index in [-0.39, 0.29) is 11.9 Å². The molecule has 0 amide bonds. The fourth-order valence-electron chi connectivity index (χ4n) is 1.42. The van der Waals surface area contributed by atoms with Gasteiger partial charge in [-0.05, 0) is 12.3 Å². The zero-order chi connectivity index (χ0) is 12.4. The molecular weight excluding hydrogens is 202 g/mol. The molecule has 0 heterocycles. The smallest absolute Gasteiger partial charge is 0.323 e. The van der Waals surface area contributed by atoms with E-state index in [1.54, 1.807) is 0 Å². The highest BCUT2D eigenvalue weighted by Crippen LogP contribution is 2.06. The lowest BCUT2D eigenvalue weighted by Gasteiger charge is -2.14. The van der Waals surface area contributed by atoms with Gasteiger partial charge in [0.1, 0.15) is 6.04 Å². The van der Waals surface area contributed by atoms with Gasteiger partial charge in [-0.15, -0.1) is 0 Å². The average Bonchev–Trinajstić information content (AvgIpc) is 2.26. The average molecular weight is 229 g/mol. The Kier molecular flexibility index (Phi) is 9.30. The molecule has 16 heavy (non-hydrogen) atoms. The van der Waals surface area contributed by atoms with E-state index in [0.717, 1.165) is 12.8 Å². The van der Waals surface area contributed by atoms with Gasteiger partial charge in [0.15, 0.2) is 0 Å². The fraction of sp³-hybridized carbons (Fsp3) is 0.923. The Hall–Kier alpha value is -0.570. The van der Waals surface area contributed by atoms with Crippen LogP contribution in [0.1, 0.15) is 59.3 Å². The van der Waals surface area contributed by atoms with Crippen LogP contribution in [0.2, 0.25) is 0 Å². The molecule has 0 saturated heterocycles. The van der Waals surface area contributed by atoms with Crippen LogP contribution in [0.5, 0.6) is 0 Å². The van der Waals surface area contributed by atoms with E-state index in [9.17, 15) is 4.79 Å². The van der Waals surface area contributed by atoms with E-state index < -0.39 is 6.04 Å². The van der Waals surface area contributed by atoms with E-state index in [4.69, 9.17) is 10.5 Å². The molecule has 0 spiro atoms. The van der Waals surface area contributed by atoms with E-state index in [1.807, 2.05) is 13.8 Å². The van der Waals surface area contributed by atoms with Gasteiger partial charge in [0.25, 0.3) is 0 Å². The predicted octanol–water partition coefficient (Wildman–Crippen LogP) is 2.87. The molecule has 96 valence electrons. The van der Waals surface area contributed by atoms with Crippen LogP contribution in [0.15, 0.2) is 0 Å². The van der Waals surface area contributed by atoms with Gasteiger partial charge in [0, 0.05) is 0 Å². The highest BCUT2D eigenvalue weighted by Gasteiger charge is 2.18. The van der Waals surface area contributed by atoms with Crippen LogP contribution < -0.4 is 5.73 Å². The summed E-state index contributed by atoms with van der Waals surface area (Å²) in [6.07, 6.45) is 7.19. The molecule has 0 aliphatic carbocycles. The van der Waals surface area contributed by atoms with Crippen LogP contribution in [0, 0.1) is 5.92 Å². The number of unbranched alkanes of at least 4 members (excludes halogenated alkanes) is 5. The van der Waals surface area contributed by atoms with Crippen molar-refractivity contribution < 1.29 is 9.53 Å². The van der Waals surface area contributed by atoms with Crippen LogP contribution in [0.25, 0.3) is 0 Å². The number of carbonyl (C=O) groups excluding carboxylic acids is 1. The van der Waals surface area contributed by atoms with E-state index in [2.05, 4.69) is 6.92 Å². The van der Waals surface area contributed by atoms with Crippen LogP contribution in [-0.4, -0.2) is 18.6 Å². The molecule has 0 radical (unpaired) electrons. The molecule has 0 fully saturated rings. The molecule has 0 aliphatic heterocycles. The van der Waals surface area contributed by atoms with Crippen molar-refractivity contribution in [1.82, 2.24) is 0 Å². The first kappa shape index (κ1) is 15.4. The molecule has 0 aliphatic rings. The predicted molar refractivity (Wildman–Crippen MR) is 67.1 cm³/mol. The fourth-order valence-corrected chi connectivity index (χ4v) is 1.42. The summed E-state index contributed by atoms with van der Waals surface area (Å²) in [5.74, 6) is -0.111. The molecule has 3 heteroatoms. The molecule has 0 saturated carbocycles. The third-order valence-corrected chi connectivity index (χ3v) is 2.73. The third kappa shape index (κ3) is 7.69. The summed E-state index contributed by atoms with van der Waals surface area (Å²) in [6.45, 7) is 6.58. The van der Waals surface area contributed by atoms with Crippen molar-refractivity contribution in [3.63, 3.8) is 0 Å². The van der Waals surface area contributed by atoms with Crippen molar-refractivity contribution in [2.75, 3.05) is 6.61 Å². The Morgan fingerprint density at radius 3 is 2.25 bits per heavy atom. The SMILES string of the molecule is CCCCCCCCOC(=O)[C@H](N)C(C)C. The number of carbonyl (C=O) groups is 1. The highest BCUT2D eigenvalue weighted by molar-refractivity contribution is 5.75. The zero-order valence-corrected chi connectivity index (χ0v) is 11.0. The summed E-state index contributed by atoms with van der Waals surface area (Å²) in [7, 11) is 0. The van der Waals surface area contributed by atoms with Crippen LogP contribution >= 0.6 is 0 Å². The van der Waals surface area contributed by atoms with Gasteiger partial charge in [-0.2, -0.15) is 0 Å². The number of hydrogen-bond acceptors (Lipinski definition) is 3. The lowest BCUT2D eigenvalue weighted by atomic mass is 10.1. The Morgan fingerprint density at radius 1 is 1.12 bits per heavy atom. The highest BCUT2D eigenvalue weighted by atomic mass is 16.5. The van der Waals surface area contributed by atoms with E-state index in [1.165, 1.54) is 25.7 Å². The summed E-state index contributed by atoms with van der Waals surface area (Å²) < 4.78 is 5.11. The van der Waals surface area contributed by atoms with Crippen LogP contribution in [0.3, 0.4) is 0 Å². The molecule has 0 unspecified atom stereocenters. The summed E-state index contributed by atoms with van der Waals surface area (Å²) in [4.78, 5) is 11.4. The van der Waals surface area contributed by atoms with Crippen LogP contribution in [0.4, 0.5) is 0 Å². The van der Waals surface area contributed by atoms with Gasteiger partial charge in [-0.3, -0.25) is 4.79 Å². The first-order valence-electron chi connectivity index (χ1n) is 6.51. The van der Waals surface area contributed by atoms with Crippen molar-refractivity contribution in [3.8, 4) is 0 Å². The summed E-state index contributed by atoms with van der Waals surface area (Å²) in [5, 5.41) is 0. The number of nitrogens with two attached hydrogens (primary N) is 1. The minimum absolute atomic E-state index is 0.150. The minimum Gasteiger partial charge on any atom is -0.465 e. The van der Waals surface area contributed by atoms with Crippen LogP contribution in [-0.2, 0) is 9.53 Å². The second kappa shape index (κ2) is 9.64. The molecule has 0 bridgehead atoms. The molecule has 1 atom stereocenters. The van der Waals surface area contributed by atoms with Crippen molar-refractivity contribution in [3.05, 3.63) is 0 Å². The second-order valence-electron chi connectivity index (χ2n) is 4.71. The molecule has 3 nitrogen and oxygen atoms in total. The maximum atomic E-state index is 11.4. The number of hydrogen-bond donors (Lipinski definition) is 1. The lowest BCUT2D eigenvalue weighted by Crippen LogP contribution is -2.37. The summed E-state index contributed by atoms with van der Waals surface area (Å²) in [6, 6.07) is -0.472. The van der Waals surface area contributed by atoms with Crippen molar-refractivity contribution in [2.45, 2.75) is 65.3 Å². The molecule has 0 rings (SSSR count).